The number of amides is 1. The highest BCUT2D eigenvalue weighted by Crippen LogP contribution is 2.50. The van der Waals surface area contributed by atoms with Crippen molar-refractivity contribution in [1.82, 2.24) is 9.88 Å². The van der Waals surface area contributed by atoms with Gasteiger partial charge < -0.3 is 15.0 Å². The smallest absolute Gasteiger partial charge is 0.352 e. The molecule has 1 fully saturated rings. The second-order valence-electron chi connectivity index (χ2n) is 5.52. The minimum absolute atomic E-state index is 0.0573. The highest BCUT2D eigenvalue weighted by Gasteiger charge is 2.45. The van der Waals surface area contributed by atoms with Gasteiger partial charge in [-0.05, 0) is 29.9 Å². The Morgan fingerprint density at radius 1 is 1.56 bits per heavy atom. The highest BCUT2D eigenvalue weighted by molar-refractivity contribution is 5.86. The highest BCUT2D eigenvalue weighted by atomic mass is 16.4. The molecule has 1 atom stereocenters. The van der Waals surface area contributed by atoms with Crippen LogP contribution in [0.15, 0.2) is 18.3 Å². The summed E-state index contributed by atoms with van der Waals surface area (Å²) in [6, 6.07) is 3.11. The van der Waals surface area contributed by atoms with Crippen molar-refractivity contribution >= 4 is 11.9 Å². The monoisotopic (exact) mass is 250 g/mol. The molecule has 1 heterocycles. The van der Waals surface area contributed by atoms with Crippen LogP contribution < -0.4 is 5.32 Å². The molecule has 98 valence electrons. The third-order valence-electron chi connectivity index (χ3n) is 3.63. The Morgan fingerprint density at radius 2 is 2.22 bits per heavy atom. The molecule has 0 aromatic carbocycles. The molecule has 18 heavy (non-hydrogen) atoms. The van der Waals surface area contributed by atoms with Crippen LogP contribution in [-0.2, 0) is 11.3 Å². The minimum atomic E-state index is -1.02. The van der Waals surface area contributed by atoms with E-state index in [0.717, 1.165) is 6.42 Å². The van der Waals surface area contributed by atoms with Crippen LogP contribution in [0.3, 0.4) is 0 Å². The summed E-state index contributed by atoms with van der Waals surface area (Å²) in [5.74, 6) is -0.613. The molecule has 1 saturated carbocycles. The van der Waals surface area contributed by atoms with Gasteiger partial charge in [0.05, 0.1) is 0 Å². The molecule has 2 rings (SSSR count). The summed E-state index contributed by atoms with van der Waals surface area (Å²) >= 11 is 0. The topological polar surface area (TPSA) is 71.3 Å². The molecule has 1 aliphatic carbocycles. The van der Waals surface area contributed by atoms with E-state index >= 15 is 0 Å². The summed E-state index contributed by atoms with van der Waals surface area (Å²) in [6.45, 7) is 5.09. The van der Waals surface area contributed by atoms with Crippen molar-refractivity contribution in [1.29, 1.82) is 0 Å². The third kappa shape index (κ3) is 2.72. The van der Waals surface area contributed by atoms with Crippen molar-refractivity contribution < 1.29 is 14.7 Å². The van der Waals surface area contributed by atoms with Gasteiger partial charge in [-0.25, -0.2) is 4.79 Å². The number of hydrogen-bond acceptors (Lipinski definition) is 2. The van der Waals surface area contributed by atoms with Crippen LogP contribution in [0, 0.1) is 11.3 Å². The van der Waals surface area contributed by atoms with Crippen molar-refractivity contribution in [2.24, 2.45) is 11.3 Å². The van der Waals surface area contributed by atoms with Crippen molar-refractivity contribution in [3.63, 3.8) is 0 Å². The first kappa shape index (κ1) is 12.7. The van der Waals surface area contributed by atoms with E-state index in [4.69, 9.17) is 5.11 Å². The summed E-state index contributed by atoms with van der Waals surface area (Å²) in [6.07, 6.45) is 2.74. The average molecular weight is 250 g/mol. The van der Waals surface area contributed by atoms with E-state index in [2.05, 4.69) is 19.2 Å². The molecule has 0 radical (unpaired) electrons. The van der Waals surface area contributed by atoms with Gasteiger partial charge in [0.1, 0.15) is 12.2 Å². The second kappa shape index (κ2) is 4.48. The number of carbonyl (C=O) groups excluding carboxylic acids is 1. The number of aromatic carboxylic acids is 1. The quantitative estimate of drug-likeness (QED) is 0.828. The summed E-state index contributed by atoms with van der Waals surface area (Å²) in [7, 11) is 0. The van der Waals surface area contributed by atoms with Gasteiger partial charge in [0.2, 0.25) is 5.91 Å². The number of nitrogens with zero attached hydrogens (tertiary/aromatic N) is 1. The summed E-state index contributed by atoms with van der Waals surface area (Å²) < 4.78 is 1.44. The van der Waals surface area contributed by atoms with Crippen LogP contribution in [0.2, 0.25) is 0 Å². The largest absolute Gasteiger partial charge is 0.477 e. The first-order valence-electron chi connectivity index (χ1n) is 6.05. The lowest BCUT2D eigenvalue weighted by Crippen LogP contribution is -2.30. The van der Waals surface area contributed by atoms with Gasteiger partial charge in [0, 0.05) is 12.7 Å². The van der Waals surface area contributed by atoms with Crippen LogP contribution in [0.25, 0.3) is 0 Å². The number of carboxylic acid groups (broad SMARTS) is 1. The van der Waals surface area contributed by atoms with E-state index in [1.807, 2.05) is 0 Å². The molecule has 5 nitrogen and oxygen atoms in total. The van der Waals surface area contributed by atoms with Gasteiger partial charge in [-0.2, -0.15) is 0 Å². The maximum Gasteiger partial charge on any atom is 0.352 e. The maximum atomic E-state index is 11.7. The Bertz CT molecular complexity index is 476. The predicted molar refractivity (Wildman–Crippen MR) is 66.3 cm³/mol. The fraction of sp³-hybridized carbons (Fsp3) is 0.538. The zero-order valence-corrected chi connectivity index (χ0v) is 10.6. The lowest BCUT2D eigenvalue weighted by molar-refractivity contribution is -0.121. The minimum Gasteiger partial charge on any atom is -0.477 e. The lowest BCUT2D eigenvalue weighted by Gasteiger charge is -2.08. The zero-order valence-electron chi connectivity index (χ0n) is 10.6. The van der Waals surface area contributed by atoms with Crippen molar-refractivity contribution in [3.8, 4) is 0 Å². The van der Waals surface area contributed by atoms with Crippen molar-refractivity contribution in [2.45, 2.75) is 26.8 Å². The predicted octanol–water partition coefficient (Wildman–Crippen LogP) is 1.35. The number of rotatable bonds is 5. The molecular formula is C13H18N2O3. The Balaban J connectivity index is 1.84. The second-order valence-corrected chi connectivity index (χ2v) is 5.52. The van der Waals surface area contributed by atoms with E-state index in [9.17, 15) is 9.59 Å². The van der Waals surface area contributed by atoms with Crippen LogP contribution in [0.5, 0.6) is 0 Å². The van der Waals surface area contributed by atoms with Gasteiger partial charge in [-0.15, -0.1) is 0 Å². The van der Waals surface area contributed by atoms with E-state index in [1.165, 1.54) is 10.6 Å². The van der Waals surface area contributed by atoms with Gasteiger partial charge in [-0.1, -0.05) is 13.8 Å². The fourth-order valence-electron chi connectivity index (χ4n) is 2.12. The SMILES string of the molecule is CC1(C)CC1CNC(=O)Cn1cccc1C(=O)O. The summed E-state index contributed by atoms with van der Waals surface area (Å²) in [4.78, 5) is 22.6. The molecule has 0 aliphatic heterocycles. The molecule has 1 aliphatic rings. The van der Waals surface area contributed by atoms with E-state index in [-0.39, 0.29) is 18.1 Å². The summed E-state index contributed by atoms with van der Waals surface area (Å²) in [5.41, 5.74) is 0.476. The summed E-state index contributed by atoms with van der Waals surface area (Å²) in [5, 5.41) is 11.8. The number of carbonyl (C=O) groups is 2. The first-order valence-corrected chi connectivity index (χ1v) is 6.05. The standard InChI is InChI=1S/C13H18N2O3/c1-13(2)6-9(13)7-14-11(16)8-15-5-3-4-10(15)12(17)18/h3-5,9H,6-8H2,1-2H3,(H,14,16)(H,17,18). The Morgan fingerprint density at radius 3 is 2.78 bits per heavy atom. The van der Waals surface area contributed by atoms with Crippen molar-refractivity contribution in [2.75, 3.05) is 6.54 Å². The molecule has 1 aromatic rings. The number of aromatic nitrogens is 1. The molecule has 5 heteroatoms. The normalized spacial score (nSPS) is 20.4. The first-order chi connectivity index (χ1) is 8.40. The number of hydrogen-bond donors (Lipinski definition) is 2. The van der Waals surface area contributed by atoms with Crippen LogP contribution >= 0.6 is 0 Å². The van der Waals surface area contributed by atoms with Gasteiger partial charge in [0.15, 0.2) is 0 Å². The number of carboxylic acids is 1. The molecule has 0 spiro atoms. The van der Waals surface area contributed by atoms with Gasteiger partial charge in [0.25, 0.3) is 0 Å². The van der Waals surface area contributed by atoms with Crippen LogP contribution in [-0.4, -0.2) is 28.1 Å². The molecule has 2 N–H and O–H groups in total. The lowest BCUT2D eigenvalue weighted by atomic mass is 10.1. The van der Waals surface area contributed by atoms with Crippen LogP contribution in [0.4, 0.5) is 0 Å². The molecule has 1 aromatic heterocycles. The third-order valence-corrected chi connectivity index (χ3v) is 3.63. The Kier molecular flexibility index (Phi) is 3.15. The average Bonchev–Trinajstić information content (AvgIpc) is 2.71. The van der Waals surface area contributed by atoms with Crippen LogP contribution in [0.1, 0.15) is 30.8 Å². The van der Waals surface area contributed by atoms with E-state index in [1.54, 1.807) is 12.3 Å². The zero-order chi connectivity index (χ0) is 13.3. The molecule has 1 amide bonds. The maximum absolute atomic E-state index is 11.7. The van der Waals surface area contributed by atoms with Gasteiger partial charge >= 0.3 is 5.97 Å². The molecule has 0 saturated heterocycles. The van der Waals surface area contributed by atoms with Gasteiger partial charge in [-0.3, -0.25) is 4.79 Å². The molecule has 0 bridgehead atoms. The fourth-order valence-corrected chi connectivity index (χ4v) is 2.12. The van der Waals surface area contributed by atoms with E-state index in [0.29, 0.717) is 17.9 Å². The number of nitrogens with one attached hydrogen (secondary N) is 1. The molecular weight excluding hydrogens is 232 g/mol. The Hall–Kier alpha value is -1.78. The van der Waals surface area contributed by atoms with E-state index < -0.39 is 5.97 Å². The van der Waals surface area contributed by atoms with Crippen molar-refractivity contribution in [3.05, 3.63) is 24.0 Å². The Labute approximate surface area is 106 Å². The molecule has 1 unspecified atom stereocenters.